The second-order valence-electron chi connectivity index (χ2n) is 4.08. The number of alkyl halides is 3. The van der Waals surface area contributed by atoms with Gasteiger partial charge < -0.3 is 5.73 Å². The number of rotatable bonds is 4. The van der Waals surface area contributed by atoms with E-state index in [-0.39, 0.29) is 18.2 Å². The molecule has 0 saturated heterocycles. The Morgan fingerprint density at radius 3 is 2.53 bits per heavy atom. The fourth-order valence-corrected chi connectivity index (χ4v) is 1.63. The van der Waals surface area contributed by atoms with E-state index in [2.05, 4.69) is 11.2 Å². The van der Waals surface area contributed by atoms with Gasteiger partial charge in [0.15, 0.2) is 0 Å². The molecule has 2 nitrogen and oxygen atoms in total. The van der Waals surface area contributed by atoms with Crippen molar-refractivity contribution in [2.75, 3.05) is 6.54 Å². The Kier molecular flexibility index (Phi) is 4.92. The van der Waals surface area contributed by atoms with E-state index in [1.807, 2.05) is 0 Å². The van der Waals surface area contributed by atoms with Crippen LogP contribution in [-0.4, -0.2) is 12.6 Å². The lowest BCUT2D eigenvalue weighted by atomic mass is 10.0. The van der Waals surface area contributed by atoms with Gasteiger partial charge in [-0.3, -0.25) is 5.32 Å². The Morgan fingerprint density at radius 2 is 2.05 bits per heavy atom. The zero-order valence-electron chi connectivity index (χ0n) is 10.3. The highest BCUT2D eigenvalue weighted by Gasteiger charge is 2.34. The third kappa shape index (κ3) is 3.94. The maximum absolute atomic E-state index is 13.2. The summed E-state index contributed by atoms with van der Waals surface area (Å²) in [5.41, 5.74) is 4.44. The van der Waals surface area contributed by atoms with Crippen molar-refractivity contribution >= 4 is 0 Å². The van der Waals surface area contributed by atoms with Crippen molar-refractivity contribution in [1.82, 2.24) is 5.32 Å². The standard InChI is InChI=1S/C13H14F4N2/c1-3-8(2)19-12(7-18)9-4-5-11(14)10(6-9)13(15,16)17/h1,4-6,8,12,19H,7,18H2,2H3. The Morgan fingerprint density at radius 1 is 1.42 bits per heavy atom. The molecule has 0 amide bonds. The molecule has 3 N–H and O–H groups in total. The predicted octanol–water partition coefficient (Wildman–Crippen LogP) is 2.46. The summed E-state index contributed by atoms with van der Waals surface area (Å²) >= 11 is 0. The summed E-state index contributed by atoms with van der Waals surface area (Å²) in [5, 5.41) is 2.88. The summed E-state index contributed by atoms with van der Waals surface area (Å²) in [6.45, 7) is 1.73. The summed E-state index contributed by atoms with van der Waals surface area (Å²) in [5.74, 6) is 1.08. The topological polar surface area (TPSA) is 38.0 Å². The summed E-state index contributed by atoms with van der Waals surface area (Å²) in [6.07, 6.45) is 0.444. The van der Waals surface area contributed by atoms with Crippen molar-refractivity contribution in [3.05, 3.63) is 35.1 Å². The van der Waals surface area contributed by atoms with E-state index in [4.69, 9.17) is 12.2 Å². The predicted molar refractivity (Wildman–Crippen MR) is 64.6 cm³/mol. The number of halogens is 4. The average molecular weight is 274 g/mol. The Hall–Kier alpha value is -1.58. The van der Waals surface area contributed by atoms with Crippen LogP contribution < -0.4 is 11.1 Å². The van der Waals surface area contributed by atoms with Gasteiger partial charge in [-0.05, 0) is 24.6 Å². The van der Waals surface area contributed by atoms with Crippen LogP contribution in [0.25, 0.3) is 0 Å². The smallest absolute Gasteiger partial charge is 0.329 e. The van der Waals surface area contributed by atoms with Crippen LogP contribution in [0.3, 0.4) is 0 Å². The van der Waals surface area contributed by atoms with Crippen LogP contribution in [0.2, 0.25) is 0 Å². The first-order chi connectivity index (χ1) is 8.79. The van der Waals surface area contributed by atoms with Crippen molar-refractivity contribution in [1.29, 1.82) is 0 Å². The highest BCUT2D eigenvalue weighted by Crippen LogP contribution is 2.32. The molecule has 0 aliphatic rings. The normalized spacial score (nSPS) is 14.8. The van der Waals surface area contributed by atoms with E-state index >= 15 is 0 Å². The summed E-state index contributed by atoms with van der Waals surface area (Å²) in [6, 6.07) is 1.88. The molecule has 2 atom stereocenters. The van der Waals surface area contributed by atoms with Gasteiger partial charge in [0, 0.05) is 12.6 Å². The summed E-state index contributed by atoms with van der Waals surface area (Å²) in [7, 11) is 0. The molecule has 19 heavy (non-hydrogen) atoms. The van der Waals surface area contributed by atoms with Crippen LogP contribution in [0.1, 0.15) is 24.1 Å². The van der Waals surface area contributed by atoms with Crippen molar-refractivity contribution in [3.8, 4) is 12.3 Å². The lowest BCUT2D eigenvalue weighted by Crippen LogP contribution is -2.34. The second kappa shape index (κ2) is 6.04. The summed E-state index contributed by atoms with van der Waals surface area (Å²) < 4.78 is 51.0. The van der Waals surface area contributed by atoms with Gasteiger partial charge in [0.05, 0.1) is 11.6 Å². The third-order valence-electron chi connectivity index (χ3n) is 2.64. The lowest BCUT2D eigenvalue weighted by Gasteiger charge is -2.20. The Balaban J connectivity index is 3.10. The first kappa shape index (κ1) is 15.5. The molecule has 0 bridgehead atoms. The Bertz CT molecular complexity index is 477. The quantitative estimate of drug-likeness (QED) is 0.654. The molecule has 6 heteroatoms. The van der Waals surface area contributed by atoms with Gasteiger partial charge in [0.25, 0.3) is 0 Å². The van der Waals surface area contributed by atoms with Crippen LogP contribution in [0, 0.1) is 18.2 Å². The van der Waals surface area contributed by atoms with Gasteiger partial charge in [0.1, 0.15) is 5.82 Å². The van der Waals surface area contributed by atoms with Crippen molar-refractivity contribution in [2.24, 2.45) is 5.73 Å². The molecule has 0 saturated carbocycles. The van der Waals surface area contributed by atoms with Crippen LogP contribution in [0.5, 0.6) is 0 Å². The molecule has 0 aromatic heterocycles. The van der Waals surface area contributed by atoms with E-state index in [0.717, 1.165) is 12.1 Å². The maximum atomic E-state index is 13.2. The minimum absolute atomic E-state index is 0.0505. The number of nitrogens with one attached hydrogen (secondary N) is 1. The molecule has 0 spiro atoms. The number of hydrogen-bond donors (Lipinski definition) is 2. The lowest BCUT2D eigenvalue weighted by molar-refractivity contribution is -0.140. The van der Waals surface area contributed by atoms with E-state index in [9.17, 15) is 17.6 Å². The van der Waals surface area contributed by atoms with Crippen molar-refractivity contribution < 1.29 is 17.6 Å². The van der Waals surface area contributed by atoms with Crippen LogP contribution in [-0.2, 0) is 6.18 Å². The van der Waals surface area contributed by atoms with E-state index < -0.39 is 23.6 Å². The second-order valence-corrected chi connectivity index (χ2v) is 4.08. The summed E-state index contributed by atoms with van der Waals surface area (Å²) in [4.78, 5) is 0. The van der Waals surface area contributed by atoms with E-state index in [1.165, 1.54) is 6.07 Å². The number of hydrogen-bond acceptors (Lipinski definition) is 2. The molecule has 0 radical (unpaired) electrons. The van der Waals surface area contributed by atoms with Crippen molar-refractivity contribution in [3.63, 3.8) is 0 Å². The van der Waals surface area contributed by atoms with Gasteiger partial charge >= 0.3 is 6.18 Å². The van der Waals surface area contributed by atoms with Gasteiger partial charge in [0.2, 0.25) is 0 Å². The van der Waals surface area contributed by atoms with Crippen LogP contribution in [0.4, 0.5) is 17.6 Å². The minimum atomic E-state index is -4.74. The molecule has 0 aliphatic heterocycles. The molecule has 0 aliphatic carbocycles. The average Bonchev–Trinajstić information content (AvgIpc) is 2.35. The largest absolute Gasteiger partial charge is 0.419 e. The maximum Gasteiger partial charge on any atom is 0.419 e. The monoisotopic (exact) mass is 274 g/mol. The van der Waals surface area contributed by atoms with Gasteiger partial charge in [-0.25, -0.2) is 4.39 Å². The highest BCUT2D eigenvalue weighted by molar-refractivity contribution is 5.30. The highest BCUT2D eigenvalue weighted by atomic mass is 19.4. The van der Waals surface area contributed by atoms with E-state index in [0.29, 0.717) is 0 Å². The van der Waals surface area contributed by atoms with Crippen LogP contribution in [0.15, 0.2) is 18.2 Å². The third-order valence-corrected chi connectivity index (χ3v) is 2.64. The van der Waals surface area contributed by atoms with Crippen molar-refractivity contribution in [2.45, 2.75) is 25.2 Å². The molecule has 1 aromatic rings. The molecule has 0 heterocycles. The first-order valence-corrected chi connectivity index (χ1v) is 5.58. The molecule has 2 unspecified atom stereocenters. The molecule has 104 valence electrons. The first-order valence-electron chi connectivity index (χ1n) is 5.58. The molecular weight excluding hydrogens is 260 g/mol. The zero-order valence-corrected chi connectivity index (χ0v) is 10.3. The zero-order chi connectivity index (χ0) is 14.6. The number of terminal acetylenes is 1. The Labute approximate surface area is 109 Å². The fraction of sp³-hybridized carbons (Fsp3) is 0.385. The van der Waals surface area contributed by atoms with Gasteiger partial charge in [-0.2, -0.15) is 13.2 Å². The molecule has 1 aromatic carbocycles. The SMILES string of the molecule is C#CC(C)NC(CN)c1ccc(F)c(C(F)(F)F)c1. The number of benzene rings is 1. The molecular formula is C13H14F4N2. The van der Waals surface area contributed by atoms with Gasteiger partial charge in [-0.1, -0.05) is 12.0 Å². The van der Waals surface area contributed by atoms with E-state index in [1.54, 1.807) is 6.92 Å². The fourth-order valence-electron chi connectivity index (χ4n) is 1.63. The van der Waals surface area contributed by atoms with Gasteiger partial charge in [-0.15, -0.1) is 6.42 Å². The van der Waals surface area contributed by atoms with Crippen LogP contribution >= 0.6 is 0 Å². The molecule has 1 rings (SSSR count). The minimum Gasteiger partial charge on any atom is -0.329 e. The number of nitrogens with two attached hydrogens (primary N) is 1. The molecule has 0 fully saturated rings.